The number of nitrogens with one attached hydrogen (secondary N) is 2. The lowest BCUT2D eigenvalue weighted by atomic mass is 9.84. The number of aromatic nitrogens is 4. The van der Waals surface area contributed by atoms with Crippen molar-refractivity contribution in [2.45, 2.75) is 110 Å². The summed E-state index contributed by atoms with van der Waals surface area (Å²) in [4.78, 5) is 73.8. The van der Waals surface area contributed by atoms with E-state index in [0.717, 1.165) is 126 Å². The van der Waals surface area contributed by atoms with Crippen LogP contribution in [0, 0.1) is 12.8 Å². The molecule has 3 aliphatic heterocycles. The molecule has 16 heteroatoms. The van der Waals surface area contributed by atoms with Crippen LogP contribution in [-0.4, -0.2) is 99.1 Å². The number of benzene rings is 4. The van der Waals surface area contributed by atoms with Gasteiger partial charge in [-0.3, -0.25) is 29.9 Å². The van der Waals surface area contributed by atoms with Crippen molar-refractivity contribution in [2.75, 3.05) is 54.4 Å². The Hall–Kier alpha value is -7.17. The first kappa shape index (κ1) is 51.0. The van der Waals surface area contributed by atoms with Crippen LogP contribution in [0.25, 0.3) is 32.4 Å². The predicted octanol–water partition coefficient (Wildman–Crippen LogP) is 10.4. The van der Waals surface area contributed by atoms with E-state index in [1.54, 1.807) is 0 Å². The van der Waals surface area contributed by atoms with Gasteiger partial charge >= 0.3 is 5.97 Å². The Morgan fingerprint density at radius 1 is 0.803 bits per heavy atom. The van der Waals surface area contributed by atoms with Gasteiger partial charge in [-0.25, -0.2) is 19.7 Å². The summed E-state index contributed by atoms with van der Waals surface area (Å²) in [6.07, 6.45) is 8.56. The fourth-order valence-corrected chi connectivity index (χ4v) is 12.5. The van der Waals surface area contributed by atoms with Gasteiger partial charge in [-0.2, -0.15) is 0 Å². The third-order valence-corrected chi connectivity index (χ3v) is 16.6. The SMILES string of the molecule is Cc1cc(OC2CCC(CCCN3CCN(c4nc5ccc(C6CCC(=O)NC6=O)cc5n4C)CC3)CC2)ccc1-c1ccc(N2CCc3cccc(C(=O)Nc4nc5ccccc5s4)c3C2)nc1C(=O)OC(C)(C)C. The molecular formula is C60H67N9O6S. The number of aryl methyl sites for hydroxylation is 2. The number of esters is 1. The molecule has 3 aromatic heterocycles. The van der Waals surface area contributed by atoms with Gasteiger partial charge in [0, 0.05) is 63.9 Å². The Labute approximate surface area is 448 Å². The number of amides is 3. The second-order valence-corrected chi connectivity index (χ2v) is 23.1. The van der Waals surface area contributed by atoms with Gasteiger partial charge in [0.15, 0.2) is 10.8 Å². The first-order valence-corrected chi connectivity index (χ1v) is 27.8. The van der Waals surface area contributed by atoms with Gasteiger partial charge in [0.2, 0.25) is 17.8 Å². The van der Waals surface area contributed by atoms with Crippen LogP contribution in [0.5, 0.6) is 5.75 Å². The second-order valence-electron chi connectivity index (χ2n) is 22.1. The van der Waals surface area contributed by atoms with Gasteiger partial charge in [-0.15, -0.1) is 0 Å². The number of pyridine rings is 1. The van der Waals surface area contributed by atoms with Crippen LogP contribution in [0.1, 0.15) is 121 Å². The third-order valence-electron chi connectivity index (χ3n) is 15.7. The average Bonchev–Trinajstić information content (AvgIpc) is 3.98. The summed E-state index contributed by atoms with van der Waals surface area (Å²) in [5.41, 5.74) is 8.44. The molecule has 4 aromatic carbocycles. The summed E-state index contributed by atoms with van der Waals surface area (Å²) in [7, 11) is 2.05. The van der Waals surface area contributed by atoms with E-state index in [1.807, 2.05) is 93.6 Å². The highest BCUT2D eigenvalue weighted by atomic mass is 32.1. The van der Waals surface area contributed by atoms with E-state index >= 15 is 0 Å². The highest BCUT2D eigenvalue weighted by molar-refractivity contribution is 7.22. The Morgan fingerprint density at radius 3 is 2.38 bits per heavy atom. The molecule has 6 heterocycles. The number of piperidine rings is 1. The number of imidazole rings is 1. The zero-order valence-electron chi connectivity index (χ0n) is 44.2. The van der Waals surface area contributed by atoms with Gasteiger partial charge < -0.3 is 23.8 Å². The van der Waals surface area contributed by atoms with Crippen molar-refractivity contribution in [3.05, 3.63) is 125 Å². The molecule has 394 valence electrons. The molecule has 4 aliphatic rings. The number of anilines is 3. The van der Waals surface area contributed by atoms with Crippen LogP contribution in [0.2, 0.25) is 0 Å². The fraction of sp³-hybridized carbons (Fsp3) is 0.417. The molecule has 1 aliphatic carbocycles. The number of carbonyl (C=O) groups excluding carboxylic acids is 4. The van der Waals surface area contributed by atoms with Gasteiger partial charge in [-0.1, -0.05) is 47.7 Å². The molecule has 3 fully saturated rings. The van der Waals surface area contributed by atoms with Gasteiger partial charge in [0.25, 0.3) is 5.91 Å². The normalized spacial score (nSPS) is 19.4. The topological polar surface area (TPSA) is 164 Å². The fourth-order valence-electron chi connectivity index (χ4n) is 11.6. The zero-order valence-corrected chi connectivity index (χ0v) is 45.0. The lowest BCUT2D eigenvalue weighted by Gasteiger charge is -2.35. The maximum absolute atomic E-state index is 14.0. The highest BCUT2D eigenvalue weighted by Crippen LogP contribution is 2.37. The van der Waals surface area contributed by atoms with Crippen molar-refractivity contribution in [2.24, 2.45) is 13.0 Å². The number of para-hydroxylation sites is 1. The van der Waals surface area contributed by atoms with Crippen molar-refractivity contribution in [3.63, 3.8) is 0 Å². The van der Waals surface area contributed by atoms with Gasteiger partial charge in [0.1, 0.15) is 17.2 Å². The van der Waals surface area contributed by atoms with E-state index in [-0.39, 0.29) is 35.4 Å². The number of hydrogen-bond donors (Lipinski definition) is 2. The summed E-state index contributed by atoms with van der Waals surface area (Å²) in [5, 5.41) is 6.09. The number of hydrogen-bond acceptors (Lipinski definition) is 13. The van der Waals surface area contributed by atoms with E-state index in [4.69, 9.17) is 19.4 Å². The van der Waals surface area contributed by atoms with E-state index in [9.17, 15) is 19.2 Å². The summed E-state index contributed by atoms with van der Waals surface area (Å²) in [5.74, 6) is 1.71. The standard InChI is InChI=1S/C60H67N9O6S/c1-37-34-42(74-41-18-15-38(16-19-41)10-9-28-67-30-32-68(33-31-67)59-62-48-24-17-40(35-50(48)66(59)5)44-23-26-53(70)64-55(44)71)20-21-43(37)45-22-25-52(63-54(45)57(73)75-60(2,3)4)69-29-27-39-11-8-12-46(47(39)36-69)56(72)65-58-61-49-13-6-7-14-51(49)76-58/h6-8,11-14,17,20-22,24-25,34-35,38,41,44H,9-10,15-16,18-19,23,26-33,36H2,1-5H3,(H,61,65,72)(H,64,70,71). The number of thiazole rings is 1. The quantitative estimate of drug-likeness (QED) is 0.0831. The van der Waals surface area contributed by atoms with E-state index in [1.165, 1.54) is 24.2 Å². The molecule has 76 heavy (non-hydrogen) atoms. The molecule has 3 amide bonds. The number of ether oxygens (including phenoxy) is 2. The molecular weight excluding hydrogens is 975 g/mol. The van der Waals surface area contributed by atoms with Crippen molar-refractivity contribution in [3.8, 4) is 16.9 Å². The summed E-state index contributed by atoms with van der Waals surface area (Å²) in [6, 6.07) is 29.8. The van der Waals surface area contributed by atoms with Crippen molar-refractivity contribution >= 4 is 73.2 Å². The van der Waals surface area contributed by atoms with E-state index < -0.39 is 11.6 Å². The van der Waals surface area contributed by atoms with Gasteiger partial charge in [-0.05, 0) is 174 Å². The van der Waals surface area contributed by atoms with Crippen molar-refractivity contribution in [1.29, 1.82) is 0 Å². The first-order valence-electron chi connectivity index (χ1n) is 27.0. The largest absolute Gasteiger partial charge is 0.490 e. The Bertz CT molecular complexity index is 3310. The van der Waals surface area contributed by atoms with Crippen LogP contribution < -0.4 is 25.2 Å². The van der Waals surface area contributed by atoms with Gasteiger partial charge in [0.05, 0.1) is 33.3 Å². The maximum Gasteiger partial charge on any atom is 0.358 e. The average molecular weight is 1040 g/mol. The third kappa shape index (κ3) is 11.1. The minimum Gasteiger partial charge on any atom is -0.490 e. The number of piperazine rings is 1. The minimum atomic E-state index is -0.723. The first-order chi connectivity index (χ1) is 36.7. The summed E-state index contributed by atoms with van der Waals surface area (Å²) in [6.45, 7) is 13.7. The number of fused-ring (bicyclic) bond motifs is 3. The number of nitrogens with zero attached hydrogens (tertiary/aromatic N) is 7. The monoisotopic (exact) mass is 1040 g/mol. The molecule has 0 radical (unpaired) electrons. The number of carbonyl (C=O) groups is 4. The molecule has 11 rings (SSSR count). The lowest BCUT2D eigenvalue weighted by Crippen LogP contribution is -2.47. The molecule has 1 atom stereocenters. The number of imide groups is 1. The molecule has 1 unspecified atom stereocenters. The Kier molecular flexibility index (Phi) is 14.4. The summed E-state index contributed by atoms with van der Waals surface area (Å²) >= 11 is 1.45. The van der Waals surface area contributed by atoms with E-state index in [2.05, 4.69) is 67.1 Å². The van der Waals surface area contributed by atoms with Crippen molar-refractivity contribution < 1.29 is 28.7 Å². The molecule has 2 N–H and O–H groups in total. The Balaban J connectivity index is 0.677. The van der Waals surface area contributed by atoms with Crippen LogP contribution in [0.15, 0.2) is 91.0 Å². The van der Waals surface area contributed by atoms with Crippen LogP contribution in [0.3, 0.4) is 0 Å². The summed E-state index contributed by atoms with van der Waals surface area (Å²) < 4.78 is 15.8. The zero-order chi connectivity index (χ0) is 52.7. The maximum atomic E-state index is 14.0. The van der Waals surface area contributed by atoms with Crippen molar-refractivity contribution in [1.82, 2.24) is 29.7 Å². The molecule has 1 saturated carbocycles. The molecule has 0 bridgehead atoms. The second kappa shape index (κ2) is 21.5. The van der Waals surface area contributed by atoms with Crippen LogP contribution in [-0.2, 0) is 34.3 Å². The minimum absolute atomic E-state index is 0.161. The lowest BCUT2D eigenvalue weighted by molar-refractivity contribution is -0.134. The molecule has 7 aromatic rings. The smallest absolute Gasteiger partial charge is 0.358 e. The highest BCUT2D eigenvalue weighted by Gasteiger charge is 2.31. The number of rotatable bonds is 13. The van der Waals surface area contributed by atoms with Crippen LogP contribution >= 0.6 is 11.3 Å². The molecule has 0 spiro atoms. The Morgan fingerprint density at radius 2 is 1.61 bits per heavy atom. The molecule has 15 nitrogen and oxygen atoms in total. The molecule has 2 saturated heterocycles. The van der Waals surface area contributed by atoms with Crippen LogP contribution in [0.4, 0.5) is 16.9 Å². The predicted molar refractivity (Wildman–Crippen MR) is 298 cm³/mol. The van der Waals surface area contributed by atoms with E-state index in [0.29, 0.717) is 53.9 Å².